The maximum absolute atomic E-state index is 12.7. The van der Waals surface area contributed by atoms with Crippen LogP contribution in [0.4, 0.5) is 5.69 Å². The van der Waals surface area contributed by atoms with Gasteiger partial charge in [0, 0.05) is 24.7 Å². The number of carbonyl (C=O) groups is 1. The third-order valence-corrected chi connectivity index (χ3v) is 5.19. The van der Waals surface area contributed by atoms with Gasteiger partial charge >= 0.3 is 0 Å². The van der Waals surface area contributed by atoms with Crippen LogP contribution < -0.4 is 4.90 Å². The van der Waals surface area contributed by atoms with Gasteiger partial charge in [0.1, 0.15) is 5.82 Å². The van der Waals surface area contributed by atoms with E-state index in [1.807, 2.05) is 34.7 Å². The highest BCUT2D eigenvalue weighted by atomic mass is 32.2. The number of hydrogen-bond donors (Lipinski definition) is 0. The van der Waals surface area contributed by atoms with Gasteiger partial charge in [0.05, 0.1) is 5.75 Å². The van der Waals surface area contributed by atoms with Crippen molar-refractivity contribution in [3.63, 3.8) is 0 Å². The predicted molar refractivity (Wildman–Crippen MR) is 92.9 cm³/mol. The van der Waals surface area contributed by atoms with Crippen LogP contribution in [0, 0.1) is 0 Å². The summed E-state index contributed by atoms with van der Waals surface area (Å²) in [5.74, 6) is 1.77. The van der Waals surface area contributed by atoms with E-state index in [2.05, 4.69) is 37.0 Å². The van der Waals surface area contributed by atoms with Crippen LogP contribution in [0.1, 0.15) is 38.1 Å². The third-order valence-electron chi connectivity index (χ3n) is 4.19. The first-order chi connectivity index (χ1) is 11.0. The number of fused-ring (bicyclic) bond motifs is 1. The summed E-state index contributed by atoms with van der Waals surface area (Å²) in [5.41, 5.74) is 2.30. The van der Waals surface area contributed by atoms with Gasteiger partial charge < -0.3 is 9.47 Å². The number of hydrogen-bond acceptors (Lipinski definition) is 4. The van der Waals surface area contributed by atoms with Gasteiger partial charge in [-0.15, -0.1) is 10.2 Å². The molecule has 0 unspecified atom stereocenters. The fourth-order valence-corrected chi connectivity index (χ4v) is 3.87. The molecule has 1 amide bonds. The molecule has 1 aliphatic heterocycles. The van der Waals surface area contributed by atoms with Crippen LogP contribution in [0.3, 0.4) is 0 Å². The van der Waals surface area contributed by atoms with Crippen molar-refractivity contribution < 1.29 is 4.79 Å². The number of para-hydroxylation sites is 1. The quantitative estimate of drug-likeness (QED) is 0.809. The van der Waals surface area contributed by atoms with Gasteiger partial charge in [-0.1, -0.05) is 43.8 Å². The van der Waals surface area contributed by atoms with Crippen molar-refractivity contribution in [3.8, 4) is 0 Å². The van der Waals surface area contributed by atoms with Gasteiger partial charge in [0.25, 0.3) is 0 Å². The number of benzene rings is 1. The molecule has 1 atom stereocenters. The molecule has 0 saturated heterocycles. The number of amides is 1. The molecule has 0 N–H and O–H groups in total. The van der Waals surface area contributed by atoms with E-state index in [-0.39, 0.29) is 11.9 Å². The monoisotopic (exact) mass is 330 g/mol. The topological polar surface area (TPSA) is 51.0 Å². The second-order valence-corrected chi connectivity index (χ2v) is 7.23. The highest BCUT2D eigenvalue weighted by molar-refractivity contribution is 7.99. The van der Waals surface area contributed by atoms with Gasteiger partial charge in [0.2, 0.25) is 5.91 Å². The summed E-state index contributed by atoms with van der Waals surface area (Å²) in [6, 6.07) is 8.36. The summed E-state index contributed by atoms with van der Waals surface area (Å²) in [5, 5.41) is 9.21. The molecule has 3 rings (SSSR count). The molecule has 0 saturated carbocycles. The van der Waals surface area contributed by atoms with E-state index >= 15 is 0 Å². The van der Waals surface area contributed by atoms with Crippen LogP contribution in [0.15, 0.2) is 29.4 Å². The van der Waals surface area contributed by atoms with Crippen LogP contribution in [0.5, 0.6) is 0 Å². The van der Waals surface area contributed by atoms with E-state index in [0.717, 1.165) is 23.1 Å². The van der Waals surface area contributed by atoms with E-state index in [1.165, 1.54) is 17.3 Å². The molecule has 1 aliphatic rings. The standard InChI is InChI=1S/C17H22N4OS/c1-11(2)16-18-19-17(20(16)4)23-10-15(22)21-12(3)9-13-7-5-6-8-14(13)21/h5-8,11-12H,9-10H2,1-4H3/t12-/m1/s1. The molecule has 2 aromatic rings. The lowest BCUT2D eigenvalue weighted by Crippen LogP contribution is -2.37. The van der Waals surface area contributed by atoms with E-state index in [9.17, 15) is 4.79 Å². The molecule has 0 bridgehead atoms. The lowest BCUT2D eigenvalue weighted by Gasteiger charge is -2.22. The van der Waals surface area contributed by atoms with Gasteiger partial charge in [0.15, 0.2) is 5.16 Å². The summed E-state index contributed by atoms with van der Waals surface area (Å²) in [6.07, 6.45) is 0.925. The van der Waals surface area contributed by atoms with Crippen LogP contribution in [-0.4, -0.2) is 32.5 Å². The van der Waals surface area contributed by atoms with Crippen LogP contribution in [-0.2, 0) is 18.3 Å². The first-order valence-electron chi connectivity index (χ1n) is 7.91. The maximum atomic E-state index is 12.7. The summed E-state index contributed by atoms with van der Waals surface area (Å²) in [7, 11) is 1.95. The van der Waals surface area contributed by atoms with Crippen molar-refractivity contribution in [3.05, 3.63) is 35.7 Å². The van der Waals surface area contributed by atoms with Crippen LogP contribution in [0.2, 0.25) is 0 Å². The molecular formula is C17H22N4OS. The maximum Gasteiger partial charge on any atom is 0.237 e. The number of nitrogens with zero attached hydrogens (tertiary/aromatic N) is 4. The Bertz CT molecular complexity index is 725. The molecule has 5 nitrogen and oxygen atoms in total. The largest absolute Gasteiger partial charge is 0.309 e. The molecule has 0 spiro atoms. The minimum absolute atomic E-state index is 0.126. The Morgan fingerprint density at radius 1 is 1.35 bits per heavy atom. The van der Waals surface area contributed by atoms with Crippen molar-refractivity contribution in [2.75, 3.05) is 10.7 Å². The molecule has 6 heteroatoms. The summed E-state index contributed by atoms with van der Waals surface area (Å²) >= 11 is 1.46. The number of thioether (sulfide) groups is 1. The first-order valence-corrected chi connectivity index (χ1v) is 8.89. The SMILES string of the molecule is CC(C)c1nnc(SCC(=O)N2c3ccccc3C[C@H]2C)n1C. The fourth-order valence-electron chi connectivity index (χ4n) is 3.10. The van der Waals surface area contributed by atoms with E-state index in [0.29, 0.717) is 11.7 Å². The zero-order chi connectivity index (χ0) is 16.6. The molecule has 0 fully saturated rings. The summed E-state index contributed by atoms with van der Waals surface area (Å²) in [4.78, 5) is 14.6. The Morgan fingerprint density at radius 2 is 2.09 bits per heavy atom. The van der Waals surface area contributed by atoms with E-state index in [4.69, 9.17) is 0 Å². The Kier molecular flexibility index (Phi) is 4.43. The molecule has 122 valence electrons. The first kappa shape index (κ1) is 16.1. The summed E-state index contributed by atoms with van der Waals surface area (Å²) < 4.78 is 1.98. The average molecular weight is 330 g/mol. The summed E-state index contributed by atoms with van der Waals surface area (Å²) in [6.45, 7) is 6.28. The zero-order valence-corrected chi connectivity index (χ0v) is 14.8. The van der Waals surface area contributed by atoms with Crippen molar-refractivity contribution in [1.29, 1.82) is 0 Å². The minimum Gasteiger partial charge on any atom is -0.309 e. The predicted octanol–water partition coefficient (Wildman–Crippen LogP) is 3.01. The van der Waals surface area contributed by atoms with Crippen molar-refractivity contribution in [2.24, 2.45) is 7.05 Å². The van der Waals surface area contributed by atoms with Crippen LogP contribution in [0.25, 0.3) is 0 Å². The van der Waals surface area contributed by atoms with Crippen molar-refractivity contribution in [2.45, 2.75) is 44.3 Å². The molecular weight excluding hydrogens is 308 g/mol. The van der Waals surface area contributed by atoms with Gasteiger partial charge in [-0.25, -0.2) is 0 Å². The van der Waals surface area contributed by atoms with E-state index < -0.39 is 0 Å². The van der Waals surface area contributed by atoms with Gasteiger partial charge in [-0.05, 0) is 25.0 Å². The van der Waals surface area contributed by atoms with Gasteiger partial charge in [-0.2, -0.15) is 0 Å². The Hall–Kier alpha value is -1.82. The Morgan fingerprint density at radius 3 is 2.78 bits per heavy atom. The van der Waals surface area contributed by atoms with Crippen LogP contribution >= 0.6 is 11.8 Å². The normalized spacial score (nSPS) is 16.9. The van der Waals surface area contributed by atoms with Crippen molar-refractivity contribution >= 4 is 23.4 Å². The molecule has 23 heavy (non-hydrogen) atoms. The fraction of sp³-hybridized carbons (Fsp3) is 0.471. The molecule has 2 heterocycles. The highest BCUT2D eigenvalue weighted by Gasteiger charge is 2.30. The van der Waals surface area contributed by atoms with Gasteiger partial charge in [-0.3, -0.25) is 4.79 Å². The third kappa shape index (κ3) is 3.00. The lowest BCUT2D eigenvalue weighted by molar-refractivity contribution is -0.116. The average Bonchev–Trinajstić information content (AvgIpc) is 3.04. The second-order valence-electron chi connectivity index (χ2n) is 6.29. The molecule has 1 aromatic heterocycles. The number of aromatic nitrogens is 3. The molecule has 0 aliphatic carbocycles. The lowest BCUT2D eigenvalue weighted by atomic mass is 10.1. The number of anilines is 1. The second kappa shape index (κ2) is 6.35. The molecule has 0 radical (unpaired) electrons. The highest BCUT2D eigenvalue weighted by Crippen LogP contribution is 2.32. The van der Waals surface area contributed by atoms with Crippen molar-refractivity contribution in [1.82, 2.24) is 14.8 Å². The Balaban J connectivity index is 1.71. The minimum atomic E-state index is 0.126. The molecule has 1 aromatic carbocycles. The van der Waals surface area contributed by atoms with E-state index in [1.54, 1.807) is 0 Å². The zero-order valence-electron chi connectivity index (χ0n) is 14.0. The Labute approximate surface area is 141 Å². The number of carbonyl (C=O) groups excluding carboxylic acids is 1. The number of rotatable bonds is 4. The smallest absolute Gasteiger partial charge is 0.237 e.